The Morgan fingerprint density at radius 3 is 2.90 bits per heavy atom. The van der Waals surface area contributed by atoms with Crippen LogP contribution in [0.15, 0.2) is 6.20 Å². The summed E-state index contributed by atoms with van der Waals surface area (Å²) >= 11 is 10.2. The number of phosphoric acid groups is 1. The van der Waals surface area contributed by atoms with Crippen molar-refractivity contribution in [2.45, 2.75) is 31.8 Å². The molecule has 1 fully saturated rings. The van der Waals surface area contributed by atoms with Crippen LogP contribution in [0.3, 0.4) is 0 Å². The first kappa shape index (κ1) is 16.9. The average Bonchev–Trinajstić information content (AvgIpc) is 2.72. The number of aromatic nitrogens is 2. The summed E-state index contributed by atoms with van der Waals surface area (Å²) in [7, 11) is -4.65. The Kier molecular flexibility index (Phi) is 5.09. The third kappa shape index (κ3) is 4.26. The van der Waals surface area contributed by atoms with Gasteiger partial charge in [-0.2, -0.15) is 0 Å². The van der Waals surface area contributed by atoms with Crippen molar-refractivity contribution in [3.8, 4) is 0 Å². The van der Waals surface area contributed by atoms with Gasteiger partial charge in [0.25, 0.3) is 0 Å². The molecule has 3 atom stereocenters. The van der Waals surface area contributed by atoms with E-state index in [1.807, 2.05) is 0 Å². The van der Waals surface area contributed by atoms with Crippen LogP contribution in [0.2, 0.25) is 0 Å². The number of rotatable bonds is 4. The Morgan fingerprint density at radius 1 is 1.62 bits per heavy atom. The monoisotopic (exact) mass is 356 g/mol. The molecule has 0 bridgehead atoms. The topological polar surface area (TPSA) is 96.7 Å². The van der Waals surface area contributed by atoms with Gasteiger partial charge in [0.05, 0.1) is 6.61 Å². The van der Waals surface area contributed by atoms with Gasteiger partial charge in [-0.15, -0.1) is 0 Å². The molecule has 0 radical (unpaired) electrons. The Labute approximate surface area is 130 Å². The molecule has 21 heavy (non-hydrogen) atoms. The summed E-state index contributed by atoms with van der Waals surface area (Å²) in [6, 6.07) is 0. The molecule has 0 unspecified atom stereocenters. The third-order valence-electron chi connectivity index (χ3n) is 3.03. The van der Waals surface area contributed by atoms with Crippen LogP contribution >= 0.6 is 32.3 Å². The van der Waals surface area contributed by atoms with Crippen molar-refractivity contribution in [3.05, 3.63) is 21.2 Å². The molecule has 1 aromatic heterocycles. The summed E-state index contributed by atoms with van der Waals surface area (Å²) < 4.78 is 36.5. The first-order chi connectivity index (χ1) is 9.67. The fourth-order valence-electron chi connectivity index (χ4n) is 1.98. The zero-order chi connectivity index (χ0) is 15.8. The van der Waals surface area contributed by atoms with E-state index in [1.165, 1.54) is 4.57 Å². The minimum Gasteiger partial charge on any atom is -0.349 e. The molecular weight excluding hydrogens is 342 g/mol. The second-order valence-corrected chi connectivity index (χ2v) is 6.68. The number of ether oxygens (including phenoxy) is 1. The van der Waals surface area contributed by atoms with Crippen LogP contribution < -0.4 is 0 Å². The fourth-order valence-corrected chi connectivity index (χ4v) is 2.81. The molecule has 3 N–H and O–H groups in total. The molecule has 0 amide bonds. The highest BCUT2D eigenvalue weighted by Crippen LogP contribution is 2.38. The number of halogens is 1. The van der Waals surface area contributed by atoms with E-state index in [-0.39, 0.29) is 6.42 Å². The molecule has 1 aromatic rings. The molecule has 0 aliphatic carbocycles. The maximum Gasteiger partial charge on any atom is 0.469 e. The van der Waals surface area contributed by atoms with Crippen LogP contribution in [0.4, 0.5) is 4.39 Å². The van der Waals surface area contributed by atoms with Crippen LogP contribution in [0.25, 0.3) is 0 Å². The van der Waals surface area contributed by atoms with Crippen LogP contribution in [-0.2, 0) is 13.8 Å². The van der Waals surface area contributed by atoms with Crippen molar-refractivity contribution >= 4 is 32.3 Å². The number of nitrogens with zero attached hydrogens (tertiary/aromatic N) is 1. The smallest absolute Gasteiger partial charge is 0.349 e. The fraction of sp³-hybridized carbons (Fsp3) is 0.600. The molecule has 11 heteroatoms. The highest BCUT2D eigenvalue weighted by Gasteiger charge is 2.38. The van der Waals surface area contributed by atoms with Gasteiger partial charge in [0.15, 0.2) is 4.77 Å². The third-order valence-corrected chi connectivity index (χ3v) is 4.25. The summed E-state index contributed by atoms with van der Waals surface area (Å²) in [4.78, 5) is 20.1. The lowest BCUT2D eigenvalue weighted by molar-refractivity contribution is -0.0343. The van der Waals surface area contributed by atoms with Crippen molar-refractivity contribution in [2.24, 2.45) is 0 Å². The van der Waals surface area contributed by atoms with Crippen LogP contribution in [0.1, 0.15) is 18.2 Å². The van der Waals surface area contributed by atoms with E-state index in [0.29, 0.717) is 9.41 Å². The van der Waals surface area contributed by atoms with Gasteiger partial charge >= 0.3 is 7.82 Å². The van der Waals surface area contributed by atoms with E-state index in [2.05, 4.69) is 9.51 Å². The molecule has 1 aliphatic rings. The zero-order valence-electron chi connectivity index (χ0n) is 10.9. The predicted molar refractivity (Wildman–Crippen MR) is 76.6 cm³/mol. The van der Waals surface area contributed by atoms with E-state index in [4.69, 9.17) is 39.0 Å². The highest BCUT2D eigenvalue weighted by atomic mass is 32.1. The van der Waals surface area contributed by atoms with E-state index < -0.39 is 32.9 Å². The lowest BCUT2D eigenvalue weighted by atomic mass is 10.2. The van der Waals surface area contributed by atoms with Gasteiger partial charge < -0.3 is 19.5 Å². The molecule has 2 heterocycles. The summed E-state index contributed by atoms with van der Waals surface area (Å²) in [6.07, 6.45) is -1.48. The van der Waals surface area contributed by atoms with E-state index in [9.17, 15) is 8.96 Å². The van der Waals surface area contributed by atoms with Gasteiger partial charge in [-0.05, 0) is 19.1 Å². The first-order valence-electron chi connectivity index (χ1n) is 5.99. The molecule has 0 spiro atoms. The predicted octanol–water partition coefficient (Wildman–Crippen LogP) is 2.32. The minimum absolute atomic E-state index is 0.00749. The second kappa shape index (κ2) is 6.33. The second-order valence-electron chi connectivity index (χ2n) is 4.65. The first-order valence-corrected chi connectivity index (χ1v) is 8.34. The van der Waals surface area contributed by atoms with Crippen LogP contribution in [-0.4, -0.2) is 38.2 Å². The standard InChI is InChI=1S/C10H14FN2O5PS2/c1-5-3-13(10(21)12-9(5)20)8-2-6(11)7(18-8)4-17-19(14,15)16/h3,6-8H,2,4H2,1H3,(H,12,20,21)(H2,14,15,16)/t6-,7+,8+/m0/s1. The average molecular weight is 356 g/mol. The van der Waals surface area contributed by atoms with Gasteiger partial charge in [0, 0.05) is 18.2 Å². The number of hydrogen-bond acceptors (Lipinski definition) is 5. The van der Waals surface area contributed by atoms with E-state index in [0.717, 1.165) is 5.56 Å². The number of H-pyrrole nitrogens is 1. The number of aromatic amines is 1. The maximum absolute atomic E-state index is 13.9. The van der Waals surface area contributed by atoms with Crippen molar-refractivity contribution in [1.29, 1.82) is 0 Å². The van der Waals surface area contributed by atoms with Gasteiger partial charge in [0.1, 0.15) is 23.1 Å². The van der Waals surface area contributed by atoms with E-state index in [1.54, 1.807) is 13.1 Å². The summed E-state index contributed by atoms with van der Waals surface area (Å²) in [5.74, 6) is 0. The molecule has 2 rings (SSSR count). The lowest BCUT2D eigenvalue weighted by Gasteiger charge is -2.17. The number of phosphoric ester groups is 1. The van der Waals surface area contributed by atoms with E-state index >= 15 is 0 Å². The minimum atomic E-state index is -4.65. The van der Waals surface area contributed by atoms with Crippen molar-refractivity contribution < 1.29 is 28.0 Å². The van der Waals surface area contributed by atoms with Crippen molar-refractivity contribution in [2.75, 3.05) is 6.61 Å². The Balaban J connectivity index is 2.14. The van der Waals surface area contributed by atoms with Gasteiger partial charge in [-0.1, -0.05) is 12.2 Å². The quantitative estimate of drug-likeness (QED) is 0.563. The molecule has 1 saturated heterocycles. The largest absolute Gasteiger partial charge is 0.469 e. The number of alkyl halides is 1. The zero-order valence-corrected chi connectivity index (χ0v) is 13.5. The summed E-state index contributed by atoms with van der Waals surface area (Å²) in [6.45, 7) is 1.25. The summed E-state index contributed by atoms with van der Waals surface area (Å²) in [5.41, 5.74) is 0.757. The molecule has 7 nitrogen and oxygen atoms in total. The Bertz CT molecular complexity index is 687. The Hall–Kier alpha value is -0.480. The van der Waals surface area contributed by atoms with Crippen molar-refractivity contribution in [1.82, 2.24) is 9.55 Å². The molecular formula is C10H14FN2O5PS2. The lowest BCUT2D eigenvalue weighted by Crippen LogP contribution is -2.23. The number of hydrogen-bond donors (Lipinski definition) is 3. The van der Waals surface area contributed by atoms with Gasteiger partial charge in [-0.3, -0.25) is 9.09 Å². The van der Waals surface area contributed by atoms with Gasteiger partial charge in [-0.25, -0.2) is 8.96 Å². The van der Waals surface area contributed by atoms with Gasteiger partial charge in [0.2, 0.25) is 0 Å². The molecule has 0 saturated carbocycles. The highest BCUT2D eigenvalue weighted by molar-refractivity contribution is 7.72. The molecule has 1 aliphatic heterocycles. The Morgan fingerprint density at radius 2 is 2.29 bits per heavy atom. The number of nitrogens with one attached hydrogen (secondary N) is 1. The normalized spacial score (nSPS) is 26.2. The van der Waals surface area contributed by atoms with Crippen molar-refractivity contribution in [3.63, 3.8) is 0 Å². The molecule has 118 valence electrons. The van der Waals surface area contributed by atoms with Crippen LogP contribution in [0, 0.1) is 16.3 Å². The summed E-state index contributed by atoms with van der Waals surface area (Å²) in [5, 5.41) is 0. The number of aryl methyl sites for hydroxylation is 1. The molecule has 0 aromatic carbocycles. The maximum atomic E-state index is 13.9. The SMILES string of the molecule is Cc1cn([C@H]2C[C@H](F)[C@@H](COP(=O)(O)O)O2)c(=S)[nH]c1=S. The van der Waals surface area contributed by atoms with Crippen LogP contribution in [0.5, 0.6) is 0 Å².